The normalized spacial score (nSPS) is 10.5. The van der Waals surface area contributed by atoms with Crippen molar-refractivity contribution in [2.45, 2.75) is 0 Å². The van der Waals surface area contributed by atoms with Crippen LogP contribution in [-0.4, -0.2) is 12.0 Å². The smallest absolute Gasteiger partial charge is 0.277 e. The highest BCUT2D eigenvalue weighted by Gasteiger charge is 2.16. The molecule has 0 N–H and O–H groups in total. The first-order valence-electron chi connectivity index (χ1n) is 6.50. The number of nitro groups is 1. The Hall–Kier alpha value is -2.88. The molecule has 4 heteroatoms. The molecule has 0 aliphatic heterocycles. The molecule has 0 saturated heterocycles. The van der Waals surface area contributed by atoms with Crippen LogP contribution in [0.3, 0.4) is 0 Å². The third-order valence-electron chi connectivity index (χ3n) is 3.46. The zero-order chi connectivity index (χ0) is 14.8. The van der Waals surface area contributed by atoms with Gasteiger partial charge in [-0.1, -0.05) is 36.4 Å². The third-order valence-corrected chi connectivity index (χ3v) is 3.46. The second-order valence-electron chi connectivity index (χ2n) is 4.70. The van der Waals surface area contributed by atoms with Crippen LogP contribution in [-0.2, 0) is 0 Å². The number of nitro benzene ring substituents is 1. The summed E-state index contributed by atoms with van der Waals surface area (Å²) in [6, 6.07) is 18.4. The Bertz CT molecular complexity index is 810. The molecular weight excluding hydrogens is 266 g/mol. The van der Waals surface area contributed by atoms with Crippen molar-refractivity contribution in [3.8, 4) is 16.9 Å². The van der Waals surface area contributed by atoms with Gasteiger partial charge >= 0.3 is 0 Å². The number of nitrogens with zero attached hydrogens (tertiary/aromatic N) is 1. The minimum Gasteiger partial charge on any atom is -0.497 e. The minimum absolute atomic E-state index is 0.110. The number of hydrogen-bond acceptors (Lipinski definition) is 3. The summed E-state index contributed by atoms with van der Waals surface area (Å²) in [4.78, 5) is 11.0. The molecule has 0 radical (unpaired) electrons. The van der Waals surface area contributed by atoms with Crippen molar-refractivity contribution < 1.29 is 9.66 Å². The van der Waals surface area contributed by atoms with E-state index in [9.17, 15) is 10.1 Å². The quantitative estimate of drug-likeness (QED) is 0.526. The highest BCUT2D eigenvalue weighted by molar-refractivity contribution is 5.92. The molecule has 3 aromatic carbocycles. The maximum atomic E-state index is 11.3. The number of rotatable bonds is 3. The van der Waals surface area contributed by atoms with Gasteiger partial charge in [0.25, 0.3) is 5.69 Å². The number of fused-ring (bicyclic) bond motifs is 1. The summed E-state index contributed by atoms with van der Waals surface area (Å²) >= 11 is 0. The molecule has 4 nitrogen and oxygen atoms in total. The summed E-state index contributed by atoms with van der Waals surface area (Å²) in [6.45, 7) is 0. The van der Waals surface area contributed by atoms with Crippen LogP contribution < -0.4 is 4.74 Å². The lowest BCUT2D eigenvalue weighted by atomic mass is 9.99. The van der Waals surface area contributed by atoms with E-state index in [1.54, 1.807) is 25.3 Å². The summed E-state index contributed by atoms with van der Waals surface area (Å²) in [5.74, 6) is 0.724. The van der Waals surface area contributed by atoms with Crippen LogP contribution in [0, 0.1) is 10.1 Å². The number of methoxy groups -OCH3 is 1. The summed E-state index contributed by atoms with van der Waals surface area (Å²) in [5.41, 5.74) is 1.52. The molecule has 3 aromatic rings. The molecule has 21 heavy (non-hydrogen) atoms. The Labute approximate surface area is 121 Å². The van der Waals surface area contributed by atoms with Crippen LogP contribution in [0.4, 0.5) is 5.69 Å². The Morgan fingerprint density at radius 2 is 1.57 bits per heavy atom. The van der Waals surface area contributed by atoms with Gasteiger partial charge in [-0.25, -0.2) is 0 Å². The maximum Gasteiger partial charge on any atom is 0.277 e. The second kappa shape index (κ2) is 5.25. The number of benzene rings is 3. The van der Waals surface area contributed by atoms with E-state index in [0.717, 1.165) is 22.1 Å². The standard InChI is InChI=1S/C17H13NO3/c1-21-15-8-6-12(7-9-15)16-10-13-4-2-3-5-14(13)11-17(16)18(19)20/h2-11H,1H3. The topological polar surface area (TPSA) is 52.4 Å². The number of ether oxygens (including phenoxy) is 1. The highest BCUT2D eigenvalue weighted by Crippen LogP contribution is 2.34. The second-order valence-corrected chi connectivity index (χ2v) is 4.70. The van der Waals surface area contributed by atoms with Crippen LogP contribution in [0.1, 0.15) is 0 Å². The molecule has 0 aliphatic carbocycles. The van der Waals surface area contributed by atoms with Gasteiger partial charge in [-0.15, -0.1) is 0 Å². The minimum atomic E-state index is -0.341. The summed E-state index contributed by atoms with van der Waals surface area (Å²) in [7, 11) is 1.59. The van der Waals surface area contributed by atoms with Gasteiger partial charge in [0.2, 0.25) is 0 Å². The maximum absolute atomic E-state index is 11.3. The molecule has 0 bridgehead atoms. The van der Waals surface area contributed by atoms with E-state index in [4.69, 9.17) is 4.74 Å². The fraction of sp³-hybridized carbons (Fsp3) is 0.0588. The van der Waals surface area contributed by atoms with Gasteiger partial charge in [0.05, 0.1) is 17.6 Å². The van der Waals surface area contributed by atoms with Crippen LogP contribution >= 0.6 is 0 Å². The molecule has 0 saturated carbocycles. The lowest BCUT2D eigenvalue weighted by Crippen LogP contribution is -1.93. The van der Waals surface area contributed by atoms with E-state index in [-0.39, 0.29) is 10.6 Å². The van der Waals surface area contributed by atoms with Crippen molar-refractivity contribution in [1.29, 1.82) is 0 Å². The number of hydrogen-bond donors (Lipinski definition) is 0. The summed E-state index contributed by atoms with van der Waals surface area (Å²) in [6.07, 6.45) is 0. The highest BCUT2D eigenvalue weighted by atomic mass is 16.6. The van der Waals surface area contributed by atoms with Gasteiger partial charge in [-0.2, -0.15) is 0 Å². The molecule has 0 unspecified atom stereocenters. The molecule has 3 rings (SSSR count). The van der Waals surface area contributed by atoms with Crippen molar-refractivity contribution in [1.82, 2.24) is 0 Å². The fourth-order valence-electron chi connectivity index (χ4n) is 2.38. The van der Waals surface area contributed by atoms with Crippen LogP contribution in [0.5, 0.6) is 5.75 Å². The average molecular weight is 279 g/mol. The lowest BCUT2D eigenvalue weighted by Gasteiger charge is -2.07. The molecule has 0 aromatic heterocycles. The lowest BCUT2D eigenvalue weighted by molar-refractivity contribution is -0.384. The van der Waals surface area contributed by atoms with Crippen molar-refractivity contribution in [3.05, 3.63) is 70.8 Å². The van der Waals surface area contributed by atoms with Crippen molar-refractivity contribution >= 4 is 16.5 Å². The SMILES string of the molecule is COc1ccc(-c2cc3ccccc3cc2[N+](=O)[O-])cc1. The van der Waals surface area contributed by atoms with Gasteiger partial charge in [-0.3, -0.25) is 10.1 Å². The van der Waals surface area contributed by atoms with E-state index in [0.29, 0.717) is 5.56 Å². The average Bonchev–Trinajstić information content (AvgIpc) is 2.53. The summed E-state index contributed by atoms with van der Waals surface area (Å²) < 4.78 is 5.12. The molecule has 0 spiro atoms. The molecular formula is C17H13NO3. The Kier molecular flexibility index (Phi) is 3.28. The molecule has 0 heterocycles. The van der Waals surface area contributed by atoms with E-state index >= 15 is 0 Å². The fourth-order valence-corrected chi connectivity index (χ4v) is 2.38. The molecule has 0 amide bonds. The predicted molar refractivity (Wildman–Crippen MR) is 82.6 cm³/mol. The summed E-state index contributed by atoms with van der Waals surface area (Å²) in [5, 5.41) is 13.2. The van der Waals surface area contributed by atoms with Crippen molar-refractivity contribution in [2.24, 2.45) is 0 Å². The Morgan fingerprint density at radius 3 is 2.14 bits per heavy atom. The van der Waals surface area contributed by atoms with Crippen LogP contribution in [0.25, 0.3) is 21.9 Å². The van der Waals surface area contributed by atoms with Crippen LogP contribution in [0.15, 0.2) is 60.7 Å². The zero-order valence-corrected chi connectivity index (χ0v) is 11.4. The molecule has 0 aliphatic rings. The largest absolute Gasteiger partial charge is 0.497 e. The third kappa shape index (κ3) is 2.43. The zero-order valence-electron chi connectivity index (χ0n) is 11.4. The molecule has 104 valence electrons. The van der Waals surface area contributed by atoms with Gasteiger partial charge < -0.3 is 4.74 Å². The monoisotopic (exact) mass is 279 g/mol. The van der Waals surface area contributed by atoms with E-state index in [1.807, 2.05) is 42.5 Å². The van der Waals surface area contributed by atoms with E-state index < -0.39 is 0 Å². The first kappa shape index (κ1) is 13.1. The Balaban J connectivity index is 2.23. The molecule has 0 atom stereocenters. The predicted octanol–water partition coefficient (Wildman–Crippen LogP) is 4.42. The van der Waals surface area contributed by atoms with Gasteiger partial charge in [0, 0.05) is 6.07 Å². The van der Waals surface area contributed by atoms with E-state index in [2.05, 4.69) is 0 Å². The molecule has 0 fully saturated rings. The van der Waals surface area contributed by atoms with Gasteiger partial charge in [0.1, 0.15) is 5.75 Å². The Morgan fingerprint density at radius 1 is 0.952 bits per heavy atom. The first-order valence-corrected chi connectivity index (χ1v) is 6.50. The van der Waals surface area contributed by atoms with E-state index in [1.165, 1.54) is 0 Å². The van der Waals surface area contributed by atoms with Gasteiger partial charge in [-0.05, 0) is 34.5 Å². The van der Waals surface area contributed by atoms with Crippen molar-refractivity contribution in [3.63, 3.8) is 0 Å². The van der Waals surface area contributed by atoms with Crippen molar-refractivity contribution in [2.75, 3.05) is 7.11 Å². The first-order chi connectivity index (χ1) is 10.2. The van der Waals surface area contributed by atoms with Crippen LogP contribution in [0.2, 0.25) is 0 Å². The van der Waals surface area contributed by atoms with Gasteiger partial charge in [0.15, 0.2) is 0 Å².